The van der Waals surface area contributed by atoms with Crippen LogP contribution in [0.25, 0.3) is 10.9 Å². The Labute approximate surface area is 261 Å². The van der Waals surface area contributed by atoms with Gasteiger partial charge in [-0.25, -0.2) is 4.39 Å². The summed E-state index contributed by atoms with van der Waals surface area (Å²) in [6.07, 6.45) is 0.877. The maximum absolute atomic E-state index is 15.1. The Morgan fingerprint density at radius 1 is 0.978 bits per heavy atom. The zero-order chi connectivity index (χ0) is 32.8. The largest absolute Gasteiger partial charge is 0.493 e. The van der Waals surface area contributed by atoms with Gasteiger partial charge >= 0.3 is 12.1 Å². The monoisotopic (exact) mass is 641 g/mol. The molecule has 5 rings (SSSR count). The van der Waals surface area contributed by atoms with Gasteiger partial charge in [0.1, 0.15) is 17.9 Å². The highest BCUT2D eigenvalue weighted by Gasteiger charge is 2.30. The smallest absolute Gasteiger partial charge is 0.416 e. The number of halogens is 4. The lowest BCUT2D eigenvalue weighted by atomic mass is 10.1. The van der Waals surface area contributed by atoms with Crippen molar-refractivity contribution in [3.63, 3.8) is 0 Å². The summed E-state index contributed by atoms with van der Waals surface area (Å²) >= 11 is 0. The third-order valence-electron chi connectivity index (χ3n) is 7.45. The Morgan fingerprint density at radius 2 is 1.72 bits per heavy atom. The molecule has 0 unspecified atom stereocenters. The third kappa shape index (κ3) is 7.83. The van der Waals surface area contributed by atoms with Crippen LogP contribution in [0.4, 0.5) is 23.2 Å². The number of carbonyl (C=O) groups is 2. The minimum absolute atomic E-state index is 0.0287. The first-order chi connectivity index (χ1) is 22.0. The third-order valence-corrected chi connectivity index (χ3v) is 7.45. The summed E-state index contributed by atoms with van der Waals surface area (Å²) < 4.78 is 76.1. The number of hydrogen-bond acceptors (Lipinski definition) is 8. The minimum Gasteiger partial charge on any atom is -0.493 e. The summed E-state index contributed by atoms with van der Waals surface area (Å²) in [6, 6.07) is 11.3. The number of benzene rings is 3. The molecule has 1 aliphatic carbocycles. The molecule has 0 radical (unpaired) electrons. The fourth-order valence-electron chi connectivity index (χ4n) is 4.95. The lowest BCUT2D eigenvalue weighted by molar-refractivity contribution is -0.150. The second-order valence-electron chi connectivity index (χ2n) is 10.7. The van der Waals surface area contributed by atoms with E-state index >= 15 is 4.39 Å². The zero-order valence-corrected chi connectivity index (χ0v) is 24.7. The highest BCUT2D eigenvalue weighted by molar-refractivity contribution is 6.04. The van der Waals surface area contributed by atoms with Gasteiger partial charge < -0.3 is 30.0 Å². The maximum Gasteiger partial charge on any atom is 0.416 e. The Kier molecular flexibility index (Phi) is 9.90. The second kappa shape index (κ2) is 14.0. The predicted molar refractivity (Wildman–Crippen MR) is 161 cm³/mol. The molecule has 1 aromatic heterocycles. The molecule has 0 bridgehead atoms. The van der Waals surface area contributed by atoms with Crippen LogP contribution in [0.1, 0.15) is 48.0 Å². The van der Waals surface area contributed by atoms with Crippen LogP contribution in [0.15, 0.2) is 66.9 Å². The summed E-state index contributed by atoms with van der Waals surface area (Å²) in [5.41, 5.74) is 5.62. The first-order valence-corrected chi connectivity index (χ1v) is 14.5. The van der Waals surface area contributed by atoms with E-state index in [9.17, 15) is 22.8 Å². The topological polar surface area (TPSA) is 122 Å². The number of pyridine rings is 1. The van der Waals surface area contributed by atoms with E-state index in [4.69, 9.17) is 24.7 Å². The molecule has 46 heavy (non-hydrogen) atoms. The number of rotatable bonds is 11. The maximum atomic E-state index is 15.1. The number of nitrogens with zero attached hydrogens (tertiary/aromatic N) is 1. The molecule has 1 atom stereocenters. The number of anilines is 1. The molecule has 9 nitrogen and oxygen atoms in total. The SMILES string of the molecule is COc1cc2c(Oc3ccc(NC(=O)c4ccc(C(F)(F)F)cc4)cc3F)ccnc2cc1OCC[C@@H](N)C(=O)OC1CCCC1. The van der Waals surface area contributed by atoms with Crippen molar-refractivity contribution in [2.45, 2.75) is 50.4 Å². The molecule has 1 fully saturated rings. The first kappa shape index (κ1) is 32.5. The summed E-state index contributed by atoms with van der Waals surface area (Å²) in [4.78, 5) is 29.1. The van der Waals surface area contributed by atoms with Crippen molar-refractivity contribution < 1.29 is 46.1 Å². The van der Waals surface area contributed by atoms with Crippen LogP contribution in [0.2, 0.25) is 0 Å². The number of aromatic nitrogens is 1. The first-order valence-electron chi connectivity index (χ1n) is 14.5. The van der Waals surface area contributed by atoms with E-state index in [1.54, 1.807) is 12.1 Å². The Balaban J connectivity index is 1.24. The summed E-state index contributed by atoms with van der Waals surface area (Å²) in [7, 11) is 1.45. The summed E-state index contributed by atoms with van der Waals surface area (Å²) in [5, 5.41) is 2.94. The van der Waals surface area contributed by atoms with Gasteiger partial charge in [0.2, 0.25) is 0 Å². The van der Waals surface area contributed by atoms with Crippen molar-refractivity contribution in [1.82, 2.24) is 4.98 Å². The minimum atomic E-state index is -4.53. The number of nitrogens with two attached hydrogens (primary N) is 1. The van der Waals surface area contributed by atoms with Crippen molar-refractivity contribution in [2.75, 3.05) is 19.0 Å². The van der Waals surface area contributed by atoms with E-state index in [-0.39, 0.29) is 41.9 Å². The van der Waals surface area contributed by atoms with Gasteiger partial charge in [0.25, 0.3) is 5.91 Å². The molecular weight excluding hydrogens is 610 g/mol. The molecule has 242 valence electrons. The molecule has 4 aromatic rings. The molecule has 13 heteroatoms. The molecule has 0 spiro atoms. The van der Waals surface area contributed by atoms with Crippen molar-refractivity contribution >= 4 is 28.5 Å². The van der Waals surface area contributed by atoms with Crippen LogP contribution in [0.3, 0.4) is 0 Å². The molecule has 0 aliphatic heterocycles. The van der Waals surface area contributed by atoms with Crippen LogP contribution in [0, 0.1) is 5.82 Å². The molecule has 1 aliphatic rings. The van der Waals surface area contributed by atoms with E-state index < -0.39 is 35.5 Å². The van der Waals surface area contributed by atoms with Crippen LogP contribution < -0.4 is 25.3 Å². The second-order valence-corrected chi connectivity index (χ2v) is 10.7. The van der Waals surface area contributed by atoms with E-state index in [1.165, 1.54) is 31.5 Å². The highest BCUT2D eigenvalue weighted by Crippen LogP contribution is 2.38. The van der Waals surface area contributed by atoms with E-state index in [0.717, 1.165) is 56.0 Å². The average Bonchev–Trinajstić information content (AvgIpc) is 3.54. The van der Waals surface area contributed by atoms with Crippen LogP contribution in [0.5, 0.6) is 23.0 Å². The molecule has 1 heterocycles. The van der Waals surface area contributed by atoms with E-state index in [0.29, 0.717) is 22.4 Å². The van der Waals surface area contributed by atoms with Crippen LogP contribution >= 0.6 is 0 Å². The number of methoxy groups -OCH3 is 1. The molecule has 1 amide bonds. The fourth-order valence-corrected chi connectivity index (χ4v) is 4.95. The van der Waals surface area contributed by atoms with Crippen molar-refractivity contribution in [2.24, 2.45) is 5.73 Å². The Hall–Kier alpha value is -4.91. The van der Waals surface area contributed by atoms with Crippen molar-refractivity contribution in [1.29, 1.82) is 0 Å². The number of fused-ring (bicyclic) bond motifs is 1. The van der Waals surface area contributed by atoms with Gasteiger partial charge in [-0.15, -0.1) is 0 Å². The van der Waals surface area contributed by atoms with Crippen LogP contribution in [-0.2, 0) is 15.7 Å². The zero-order valence-electron chi connectivity index (χ0n) is 24.7. The average molecular weight is 642 g/mol. The van der Waals surface area contributed by atoms with Gasteiger partial charge in [-0.1, -0.05) is 0 Å². The molecular formula is C33H31F4N3O6. The number of hydrogen-bond donors (Lipinski definition) is 2. The lowest BCUT2D eigenvalue weighted by Crippen LogP contribution is -2.35. The lowest BCUT2D eigenvalue weighted by Gasteiger charge is -2.17. The summed E-state index contributed by atoms with van der Waals surface area (Å²) in [5.74, 6) is -1.16. The van der Waals surface area contributed by atoms with Crippen molar-refractivity contribution in [3.8, 4) is 23.0 Å². The van der Waals surface area contributed by atoms with E-state index in [1.807, 2.05) is 0 Å². The van der Waals surface area contributed by atoms with Gasteiger partial charge in [-0.3, -0.25) is 14.6 Å². The Bertz CT molecular complexity index is 1710. The van der Waals surface area contributed by atoms with Gasteiger partial charge in [0.15, 0.2) is 23.1 Å². The molecule has 0 saturated heterocycles. The number of carbonyl (C=O) groups excluding carboxylic acids is 2. The van der Waals surface area contributed by atoms with Gasteiger partial charge in [0.05, 0.1) is 24.8 Å². The van der Waals surface area contributed by atoms with Gasteiger partial charge in [0, 0.05) is 41.4 Å². The fraction of sp³-hybridized carbons (Fsp3) is 0.303. The number of alkyl halides is 3. The molecule has 3 aromatic carbocycles. The van der Waals surface area contributed by atoms with E-state index in [2.05, 4.69) is 10.3 Å². The van der Waals surface area contributed by atoms with Gasteiger partial charge in [-0.05, 0) is 74.2 Å². The molecule has 3 N–H and O–H groups in total. The standard InChI is InChI=1S/C33H31F4N3O6/c1-43-29-17-23-26(18-30(29)44-15-13-25(38)32(42)45-22-4-2-3-5-22)39-14-12-27(23)46-28-11-10-21(16-24(28)34)40-31(41)19-6-8-20(9-7-19)33(35,36)37/h6-12,14,16-18,22,25H,2-5,13,15,38H2,1H3,(H,40,41)/t25-/m1/s1. The normalized spacial score (nSPS) is 14.1. The van der Waals surface area contributed by atoms with Crippen molar-refractivity contribution in [3.05, 3.63) is 83.8 Å². The quantitative estimate of drug-likeness (QED) is 0.132. The number of amides is 1. The highest BCUT2D eigenvalue weighted by atomic mass is 19.4. The number of esters is 1. The Morgan fingerprint density at radius 3 is 2.39 bits per heavy atom. The summed E-state index contributed by atoms with van der Waals surface area (Å²) in [6.45, 7) is 0.117. The van der Waals surface area contributed by atoms with Gasteiger partial charge in [-0.2, -0.15) is 13.2 Å². The number of ether oxygens (including phenoxy) is 4. The number of nitrogens with one attached hydrogen (secondary N) is 1. The predicted octanol–water partition coefficient (Wildman–Crippen LogP) is 7.03. The molecule has 1 saturated carbocycles. The van der Waals surface area contributed by atoms with Crippen LogP contribution in [-0.4, -0.2) is 42.7 Å².